The van der Waals surface area contributed by atoms with Gasteiger partial charge in [-0.2, -0.15) is 5.26 Å². The fourth-order valence-electron chi connectivity index (χ4n) is 14.5. The van der Waals surface area contributed by atoms with E-state index in [1.807, 2.05) is 30.5 Å². The summed E-state index contributed by atoms with van der Waals surface area (Å²) in [4.78, 5) is 26.1. The Morgan fingerprint density at radius 3 is 2.42 bits per heavy atom. The van der Waals surface area contributed by atoms with Gasteiger partial charge in [0, 0.05) is 6.54 Å². The number of hydrogen-bond donors (Lipinski definition) is 2. The van der Waals surface area contributed by atoms with Crippen molar-refractivity contribution in [1.82, 2.24) is 14.9 Å². The Morgan fingerprint density at radius 1 is 0.940 bits per heavy atom. The predicted molar refractivity (Wildman–Crippen MR) is 197 cm³/mol. The number of H-pyrrole nitrogens is 1. The quantitative estimate of drug-likeness (QED) is 0.316. The summed E-state index contributed by atoms with van der Waals surface area (Å²) in [5.41, 5.74) is 4.13. The number of aliphatic hydroxyl groups excluding tert-OH is 1. The lowest BCUT2D eigenvalue weighted by molar-refractivity contribution is -0.247. The number of allylic oxidation sites excluding steroid dienone is 1. The van der Waals surface area contributed by atoms with E-state index in [1.165, 1.54) is 31.3 Å². The van der Waals surface area contributed by atoms with Crippen LogP contribution in [0.1, 0.15) is 136 Å². The molecule has 5 saturated carbocycles. The average molecular weight is 677 g/mol. The fourth-order valence-corrected chi connectivity index (χ4v) is 14.5. The number of hydrogen-bond acceptors (Lipinski definition) is 4. The predicted octanol–water partition coefficient (Wildman–Crippen LogP) is 9.63. The van der Waals surface area contributed by atoms with Crippen molar-refractivity contribution >= 4 is 5.91 Å². The zero-order valence-corrected chi connectivity index (χ0v) is 31.5. The summed E-state index contributed by atoms with van der Waals surface area (Å²) in [5, 5.41) is 20.4. The lowest BCUT2D eigenvalue weighted by Gasteiger charge is -2.73. The molecule has 5 aliphatic carbocycles. The third-order valence-corrected chi connectivity index (χ3v) is 17.2. The number of fused-ring (bicyclic) bond motifs is 7. The number of nitrogens with zero attached hydrogens (tertiary/aromatic N) is 3. The first kappa shape index (κ1) is 34.2. The summed E-state index contributed by atoms with van der Waals surface area (Å²) in [5.74, 6) is 3.73. The van der Waals surface area contributed by atoms with E-state index >= 15 is 4.79 Å². The second-order valence-electron chi connectivity index (χ2n) is 19.2. The fraction of sp³-hybridized carbons (Fsp3) is 0.705. The summed E-state index contributed by atoms with van der Waals surface area (Å²) in [6.45, 7) is 20.2. The smallest absolute Gasteiger partial charge is 0.229 e. The highest BCUT2D eigenvalue weighted by atomic mass is 16.3. The van der Waals surface area contributed by atoms with Crippen LogP contribution in [0.15, 0.2) is 42.6 Å². The molecule has 2 N–H and O–H groups in total. The maximum atomic E-state index is 15.4. The van der Waals surface area contributed by atoms with Gasteiger partial charge in [0.15, 0.2) is 0 Å². The van der Waals surface area contributed by atoms with Crippen molar-refractivity contribution in [3.8, 4) is 17.3 Å². The molecule has 268 valence electrons. The van der Waals surface area contributed by atoms with Crippen molar-refractivity contribution in [3.63, 3.8) is 0 Å². The van der Waals surface area contributed by atoms with Crippen LogP contribution in [0, 0.1) is 68.0 Å². The Morgan fingerprint density at radius 2 is 1.70 bits per heavy atom. The van der Waals surface area contributed by atoms with E-state index in [0.717, 1.165) is 75.0 Å². The number of carbonyl (C=O) groups excluding carboxylic acids is 1. The van der Waals surface area contributed by atoms with Crippen molar-refractivity contribution in [2.45, 2.75) is 131 Å². The number of aliphatic hydroxyl groups is 1. The molecule has 6 heteroatoms. The molecular weight excluding hydrogens is 617 g/mol. The van der Waals surface area contributed by atoms with E-state index in [4.69, 9.17) is 4.98 Å². The summed E-state index contributed by atoms with van der Waals surface area (Å²) in [6, 6.07) is 9.79. The molecule has 6 fully saturated rings. The summed E-state index contributed by atoms with van der Waals surface area (Å²) in [6.07, 6.45) is 14.7. The van der Waals surface area contributed by atoms with Crippen molar-refractivity contribution in [1.29, 1.82) is 5.26 Å². The Hall–Kier alpha value is -2.91. The second kappa shape index (κ2) is 11.5. The maximum Gasteiger partial charge on any atom is 0.229 e. The van der Waals surface area contributed by atoms with Gasteiger partial charge in [-0.25, -0.2) is 4.98 Å². The number of carbonyl (C=O) groups is 1. The number of nitrogens with one attached hydrogen (secondary N) is 1. The highest BCUT2D eigenvalue weighted by Gasteiger charge is 2.72. The molecule has 0 radical (unpaired) electrons. The molecule has 0 spiro atoms. The summed E-state index contributed by atoms with van der Waals surface area (Å²) in [7, 11) is 0. The second-order valence-corrected chi connectivity index (χ2v) is 19.2. The number of aromatic amines is 1. The molecule has 50 heavy (non-hydrogen) atoms. The largest absolute Gasteiger partial charge is 0.393 e. The number of likely N-dealkylation sites (tertiary alicyclic amines) is 1. The first-order chi connectivity index (χ1) is 23.7. The number of aromatic nitrogens is 2. The number of benzene rings is 1. The highest BCUT2D eigenvalue weighted by Crippen LogP contribution is 2.77. The molecule has 11 atom stereocenters. The normalized spacial score (nSPS) is 43.2. The van der Waals surface area contributed by atoms with Crippen LogP contribution in [0.3, 0.4) is 0 Å². The third kappa shape index (κ3) is 4.53. The molecule has 1 aliphatic heterocycles. The monoisotopic (exact) mass is 676 g/mol. The van der Waals surface area contributed by atoms with Crippen LogP contribution in [-0.4, -0.2) is 38.5 Å². The summed E-state index contributed by atoms with van der Waals surface area (Å²) < 4.78 is 0. The van der Waals surface area contributed by atoms with E-state index < -0.39 is 0 Å². The van der Waals surface area contributed by atoms with Gasteiger partial charge in [-0.3, -0.25) is 4.79 Å². The molecule has 11 unspecified atom stereocenters. The SMILES string of the molecule is C=C(C)C1CCC2(C(=O)N3CCCC3c3ncc(-c4ccc(C#N)cc4)[nH]3)CCC3(C)C(CCC4C5(C)CCC(O)C(C)(C)C5CCC43C)C12. The van der Waals surface area contributed by atoms with E-state index in [1.54, 1.807) is 0 Å². The molecule has 1 saturated heterocycles. The minimum Gasteiger partial charge on any atom is -0.393 e. The van der Waals surface area contributed by atoms with Gasteiger partial charge in [-0.1, -0.05) is 58.9 Å². The Kier molecular flexibility index (Phi) is 7.90. The van der Waals surface area contributed by atoms with Gasteiger partial charge in [0.05, 0.1) is 41.1 Å². The van der Waals surface area contributed by atoms with Gasteiger partial charge in [-0.05, 0) is 153 Å². The van der Waals surface area contributed by atoms with Crippen LogP contribution >= 0.6 is 0 Å². The number of nitriles is 1. The Bertz CT molecular complexity index is 1720. The standard InChI is InChI=1S/C44H60N4O2/c1-27(2)30-16-21-44(39(50)48-24-8-9-33(48)38-46-26-32(47-38)29-12-10-28(25-45)11-13-29)23-22-42(6)31(37(30)44)14-15-35-41(5)19-18-36(49)40(3,4)34(41)17-20-43(35,42)7/h10-13,26,30-31,33-37,49H,1,8-9,14-24H2,2-7H3,(H,46,47). The van der Waals surface area contributed by atoms with Gasteiger partial charge in [0.2, 0.25) is 5.91 Å². The van der Waals surface area contributed by atoms with Gasteiger partial charge < -0.3 is 15.0 Å². The lowest BCUT2D eigenvalue weighted by atomic mass is 9.32. The Balaban J connectivity index is 1.11. The van der Waals surface area contributed by atoms with E-state index in [-0.39, 0.29) is 39.2 Å². The van der Waals surface area contributed by atoms with Crippen LogP contribution in [0.4, 0.5) is 0 Å². The van der Waals surface area contributed by atoms with E-state index in [0.29, 0.717) is 41.1 Å². The van der Waals surface area contributed by atoms with Crippen LogP contribution in [-0.2, 0) is 4.79 Å². The topological polar surface area (TPSA) is 93.0 Å². The van der Waals surface area contributed by atoms with Crippen molar-refractivity contribution in [3.05, 3.63) is 54.0 Å². The number of rotatable bonds is 4. The summed E-state index contributed by atoms with van der Waals surface area (Å²) >= 11 is 0. The zero-order chi connectivity index (χ0) is 35.4. The lowest BCUT2D eigenvalue weighted by Crippen LogP contribution is -2.67. The van der Waals surface area contributed by atoms with Crippen molar-refractivity contribution in [2.75, 3.05) is 6.54 Å². The number of imidazole rings is 1. The molecular formula is C44H60N4O2. The van der Waals surface area contributed by atoms with Crippen LogP contribution in [0.5, 0.6) is 0 Å². The first-order valence-electron chi connectivity index (χ1n) is 19.9. The van der Waals surface area contributed by atoms with Crippen molar-refractivity contribution < 1.29 is 9.90 Å². The molecule has 6 aliphatic rings. The minimum atomic E-state index is -0.333. The number of amides is 1. The highest BCUT2D eigenvalue weighted by molar-refractivity contribution is 5.84. The van der Waals surface area contributed by atoms with Crippen LogP contribution in [0.2, 0.25) is 0 Å². The Labute approximate surface area is 300 Å². The maximum absolute atomic E-state index is 15.4. The molecule has 8 rings (SSSR count). The zero-order valence-electron chi connectivity index (χ0n) is 31.5. The van der Waals surface area contributed by atoms with E-state index in [2.05, 4.69) is 64.1 Å². The van der Waals surface area contributed by atoms with Gasteiger partial charge in [0.25, 0.3) is 0 Å². The molecule has 0 bridgehead atoms. The minimum absolute atomic E-state index is 0.0321. The van der Waals surface area contributed by atoms with Gasteiger partial charge >= 0.3 is 0 Å². The molecule has 2 heterocycles. The van der Waals surface area contributed by atoms with E-state index in [9.17, 15) is 10.4 Å². The first-order valence-corrected chi connectivity index (χ1v) is 19.9. The molecule has 1 amide bonds. The molecule has 1 aromatic carbocycles. The molecule has 2 aromatic rings. The van der Waals surface area contributed by atoms with Crippen LogP contribution in [0.25, 0.3) is 11.3 Å². The third-order valence-electron chi connectivity index (χ3n) is 17.2. The van der Waals surface area contributed by atoms with Crippen LogP contribution < -0.4 is 0 Å². The average Bonchev–Trinajstić information content (AvgIpc) is 3.86. The van der Waals surface area contributed by atoms with Gasteiger partial charge in [-0.15, -0.1) is 0 Å². The molecule has 6 nitrogen and oxygen atoms in total. The molecule has 1 aromatic heterocycles. The van der Waals surface area contributed by atoms with Gasteiger partial charge in [0.1, 0.15) is 5.82 Å². The van der Waals surface area contributed by atoms with Crippen molar-refractivity contribution in [2.24, 2.45) is 56.7 Å².